The van der Waals surface area contributed by atoms with Gasteiger partial charge in [-0.2, -0.15) is 5.10 Å². The van der Waals surface area contributed by atoms with Crippen LogP contribution in [0.1, 0.15) is 11.3 Å². The van der Waals surface area contributed by atoms with E-state index in [1.165, 1.54) is 6.21 Å². The van der Waals surface area contributed by atoms with E-state index in [2.05, 4.69) is 31.8 Å². The first kappa shape index (κ1) is 19.2. The Balaban J connectivity index is 1.52. The lowest BCUT2D eigenvalue weighted by atomic mass is 10.1. The molecule has 1 amide bonds. The number of hydrazone groups is 1. The number of hydrogen-bond acceptors (Lipinski definition) is 4. The lowest BCUT2D eigenvalue weighted by Gasteiger charge is -2.04. The Morgan fingerprint density at radius 1 is 1.19 bits per heavy atom. The average molecular weight is 447 g/mol. The van der Waals surface area contributed by atoms with E-state index in [0.717, 1.165) is 27.0 Å². The fraction of sp³-hybridized carbons (Fsp3) is 0.100. The molecule has 0 fully saturated rings. The van der Waals surface area contributed by atoms with Crippen molar-refractivity contribution in [2.24, 2.45) is 5.10 Å². The number of nitrogens with zero attached hydrogens (tertiary/aromatic N) is 1. The first-order valence-electron chi connectivity index (χ1n) is 8.19. The second kappa shape index (κ2) is 8.88. The predicted molar refractivity (Wildman–Crippen MR) is 112 cm³/mol. The molecule has 1 aromatic heterocycles. The second-order valence-electron chi connectivity index (χ2n) is 5.82. The maximum absolute atomic E-state index is 11.8. The third-order valence-corrected chi connectivity index (χ3v) is 4.87. The largest absolute Gasteiger partial charge is 0.455 e. The maximum atomic E-state index is 11.8. The topological polar surface area (TPSA) is 66.6 Å². The van der Waals surface area contributed by atoms with E-state index in [-0.39, 0.29) is 12.5 Å². The number of hydrogen-bond donors (Lipinski definition) is 2. The number of amides is 1. The number of aryl methyl sites for hydroxylation is 1. The number of nitrogens with one attached hydrogen (secondary N) is 2. The minimum Gasteiger partial charge on any atom is -0.455 e. The number of halogens is 2. The van der Waals surface area contributed by atoms with Crippen LogP contribution in [-0.4, -0.2) is 18.7 Å². The van der Waals surface area contributed by atoms with E-state index in [1.54, 1.807) is 30.3 Å². The molecule has 2 N–H and O–H groups in total. The van der Waals surface area contributed by atoms with Crippen molar-refractivity contribution in [3.05, 3.63) is 75.4 Å². The van der Waals surface area contributed by atoms with Crippen molar-refractivity contribution < 1.29 is 9.21 Å². The van der Waals surface area contributed by atoms with Crippen LogP contribution in [-0.2, 0) is 4.79 Å². The number of anilines is 1. The molecule has 0 aliphatic carbocycles. The Hall–Kier alpha value is -2.57. The Kier molecular flexibility index (Phi) is 6.32. The number of carbonyl (C=O) groups is 1. The van der Waals surface area contributed by atoms with Crippen molar-refractivity contribution in [1.82, 2.24) is 5.43 Å². The summed E-state index contributed by atoms with van der Waals surface area (Å²) in [5.74, 6) is 1.01. The standard InChI is InChI=1S/C20H17BrClN3O2/c1-13-2-3-14(10-18(13)21)19-9-8-17(27-19)11-24-25-20(26)12-23-16-6-4-15(22)5-7-16/h2-11,23H,12H2,1H3,(H,25,26)/b24-11-. The smallest absolute Gasteiger partial charge is 0.259 e. The SMILES string of the molecule is Cc1ccc(-c2ccc(/C=N\NC(=O)CNc3ccc(Cl)cc3)o2)cc1Br. The zero-order valence-electron chi connectivity index (χ0n) is 14.5. The van der Waals surface area contributed by atoms with E-state index in [1.807, 2.05) is 31.2 Å². The zero-order valence-corrected chi connectivity index (χ0v) is 16.8. The molecule has 0 aliphatic heterocycles. The molecule has 5 nitrogen and oxygen atoms in total. The van der Waals surface area contributed by atoms with Gasteiger partial charge in [-0.05, 0) is 55.0 Å². The van der Waals surface area contributed by atoms with Crippen LogP contribution in [0.4, 0.5) is 5.69 Å². The summed E-state index contributed by atoms with van der Waals surface area (Å²) in [4.78, 5) is 11.8. The summed E-state index contributed by atoms with van der Waals surface area (Å²) in [5.41, 5.74) is 5.37. The van der Waals surface area contributed by atoms with Gasteiger partial charge in [0.1, 0.15) is 11.5 Å². The van der Waals surface area contributed by atoms with Crippen molar-refractivity contribution >= 4 is 45.3 Å². The maximum Gasteiger partial charge on any atom is 0.259 e. The van der Waals surface area contributed by atoms with Crippen LogP contribution in [0.25, 0.3) is 11.3 Å². The molecule has 7 heteroatoms. The Morgan fingerprint density at radius 2 is 1.96 bits per heavy atom. The summed E-state index contributed by atoms with van der Waals surface area (Å²) < 4.78 is 6.76. The molecular weight excluding hydrogens is 430 g/mol. The highest BCUT2D eigenvalue weighted by Crippen LogP contribution is 2.26. The minimum atomic E-state index is -0.268. The van der Waals surface area contributed by atoms with Gasteiger partial charge in [0.25, 0.3) is 5.91 Å². The molecule has 138 valence electrons. The first-order valence-corrected chi connectivity index (χ1v) is 9.36. The van der Waals surface area contributed by atoms with Crippen LogP contribution in [0, 0.1) is 6.92 Å². The molecule has 0 saturated heterocycles. The van der Waals surface area contributed by atoms with Crippen molar-refractivity contribution in [2.45, 2.75) is 6.92 Å². The van der Waals surface area contributed by atoms with E-state index in [4.69, 9.17) is 16.0 Å². The van der Waals surface area contributed by atoms with Crippen LogP contribution >= 0.6 is 27.5 Å². The molecule has 0 bridgehead atoms. The van der Waals surface area contributed by atoms with Crippen molar-refractivity contribution in [2.75, 3.05) is 11.9 Å². The second-order valence-corrected chi connectivity index (χ2v) is 7.11. The highest BCUT2D eigenvalue weighted by Gasteiger charge is 2.06. The van der Waals surface area contributed by atoms with E-state index in [0.29, 0.717) is 10.8 Å². The monoisotopic (exact) mass is 445 g/mol. The number of carbonyl (C=O) groups excluding carboxylic acids is 1. The van der Waals surface area contributed by atoms with Gasteiger partial charge < -0.3 is 9.73 Å². The van der Waals surface area contributed by atoms with Crippen LogP contribution in [0.15, 0.2) is 68.6 Å². The lowest BCUT2D eigenvalue weighted by Crippen LogP contribution is -2.25. The molecule has 0 unspecified atom stereocenters. The van der Waals surface area contributed by atoms with Gasteiger partial charge in [0.15, 0.2) is 0 Å². The number of furan rings is 1. The van der Waals surface area contributed by atoms with E-state index < -0.39 is 0 Å². The highest BCUT2D eigenvalue weighted by molar-refractivity contribution is 9.10. The van der Waals surface area contributed by atoms with Crippen molar-refractivity contribution in [1.29, 1.82) is 0 Å². The van der Waals surface area contributed by atoms with E-state index in [9.17, 15) is 4.79 Å². The molecule has 3 aromatic rings. The molecule has 0 atom stereocenters. The summed E-state index contributed by atoms with van der Waals surface area (Å²) in [5, 5.41) is 7.55. The third kappa shape index (κ3) is 5.45. The predicted octanol–water partition coefficient (Wildman–Crippen LogP) is 5.23. The van der Waals surface area contributed by atoms with Crippen molar-refractivity contribution in [3.63, 3.8) is 0 Å². The van der Waals surface area contributed by atoms with Crippen molar-refractivity contribution in [3.8, 4) is 11.3 Å². The van der Waals surface area contributed by atoms with Crippen LogP contribution < -0.4 is 10.7 Å². The summed E-state index contributed by atoms with van der Waals surface area (Å²) in [6, 6.07) is 16.8. The average Bonchev–Trinajstić information content (AvgIpc) is 3.12. The zero-order chi connectivity index (χ0) is 19.2. The Labute approximate surface area is 170 Å². The first-order chi connectivity index (χ1) is 13.0. The Morgan fingerprint density at radius 3 is 2.70 bits per heavy atom. The fourth-order valence-corrected chi connectivity index (χ4v) is 2.79. The quantitative estimate of drug-likeness (QED) is 0.402. The Bertz CT molecular complexity index is 968. The van der Waals surface area contributed by atoms with Crippen LogP contribution in [0.5, 0.6) is 0 Å². The molecule has 1 heterocycles. The van der Waals surface area contributed by atoms with Crippen LogP contribution in [0.3, 0.4) is 0 Å². The molecule has 0 aliphatic rings. The highest BCUT2D eigenvalue weighted by atomic mass is 79.9. The fourth-order valence-electron chi connectivity index (χ4n) is 2.28. The van der Waals surface area contributed by atoms with E-state index >= 15 is 0 Å². The van der Waals surface area contributed by atoms with Gasteiger partial charge in [-0.25, -0.2) is 5.43 Å². The van der Waals surface area contributed by atoms with Gasteiger partial charge in [0, 0.05) is 20.7 Å². The summed E-state index contributed by atoms with van der Waals surface area (Å²) in [6.45, 7) is 2.12. The molecule has 3 rings (SSSR count). The van der Waals surface area contributed by atoms with Gasteiger partial charge >= 0.3 is 0 Å². The summed E-state index contributed by atoms with van der Waals surface area (Å²) >= 11 is 9.33. The van der Waals surface area contributed by atoms with Gasteiger partial charge in [-0.15, -0.1) is 0 Å². The summed E-state index contributed by atoms with van der Waals surface area (Å²) in [7, 11) is 0. The number of benzene rings is 2. The van der Waals surface area contributed by atoms with Crippen LogP contribution in [0.2, 0.25) is 5.02 Å². The molecular formula is C20H17BrClN3O2. The molecule has 0 radical (unpaired) electrons. The minimum absolute atomic E-state index is 0.0970. The molecule has 27 heavy (non-hydrogen) atoms. The number of rotatable bonds is 6. The lowest BCUT2D eigenvalue weighted by molar-refractivity contribution is -0.119. The summed E-state index contributed by atoms with van der Waals surface area (Å²) in [6.07, 6.45) is 1.47. The molecule has 0 spiro atoms. The van der Waals surface area contributed by atoms with Gasteiger partial charge in [0.2, 0.25) is 0 Å². The molecule has 0 saturated carbocycles. The third-order valence-electron chi connectivity index (χ3n) is 3.76. The van der Waals surface area contributed by atoms with Gasteiger partial charge in [0.05, 0.1) is 12.8 Å². The molecule has 2 aromatic carbocycles. The normalized spacial score (nSPS) is 10.9. The van der Waals surface area contributed by atoms with Gasteiger partial charge in [-0.3, -0.25) is 4.79 Å². The van der Waals surface area contributed by atoms with Gasteiger partial charge in [-0.1, -0.05) is 39.7 Å².